The standard InChI is InChI=1S/C33H36N4O10/c1-36(2)18-12-17-28(47-32(35-17)23-19(45-6)10-14(44-5)11-20(23)46-7)22-15(18)8-13-9-16-25(37(3)4)27(39)24(31(34)42)30(41)33(16,43)29(40)21(13)26(22)38/h10-13,16,25,39-40,43H,8-9H2,1-7H3,(H2,34,42)/t13-,16-,25-,33-/m0/s1. The molecule has 1 aromatic heterocycles. The second-order valence-corrected chi connectivity index (χ2v) is 12.4. The highest BCUT2D eigenvalue weighted by atomic mass is 16.5. The molecule has 0 spiro atoms. The lowest BCUT2D eigenvalue weighted by molar-refractivity contribution is -0.148. The van der Waals surface area contributed by atoms with Crippen LogP contribution in [0.25, 0.3) is 22.6 Å². The van der Waals surface area contributed by atoms with E-state index in [-0.39, 0.29) is 35.5 Å². The molecule has 0 radical (unpaired) electrons. The number of nitrogens with two attached hydrogens (primary N) is 1. The Kier molecular flexibility index (Phi) is 7.48. The number of aliphatic hydroxyl groups is 3. The molecule has 0 bridgehead atoms. The molecule has 0 unspecified atom stereocenters. The van der Waals surface area contributed by atoms with Crippen LogP contribution in [-0.4, -0.2) is 104 Å². The van der Waals surface area contributed by atoms with E-state index in [0.29, 0.717) is 39.6 Å². The number of Topliss-reactive ketones (excluding diaryl/α,β-unsaturated/α-hetero) is 2. The average Bonchev–Trinajstić information content (AvgIpc) is 3.44. The summed E-state index contributed by atoms with van der Waals surface area (Å²) in [4.78, 5) is 48.6. The number of hydrogen-bond acceptors (Lipinski definition) is 13. The number of rotatable bonds is 7. The van der Waals surface area contributed by atoms with Crippen LogP contribution in [0.2, 0.25) is 0 Å². The fourth-order valence-electron chi connectivity index (χ4n) is 7.41. The van der Waals surface area contributed by atoms with E-state index in [9.17, 15) is 29.7 Å². The molecule has 4 atom stereocenters. The first-order chi connectivity index (χ1) is 22.2. The maximum atomic E-state index is 14.6. The number of primary amides is 1. The summed E-state index contributed by atoms with van der Waals surface area (Å²) in [5.41, 5.74) is 3.98. The Morgan fingerprint density at radius 1 is 1.02 bits per heavy atom. The number of allylic oxidation sites excluding steroid dienone is 1. The number of carbonyl (C=O) groups is 3. The summed E-state index contributed by atoms with van der Waals surface area (Å²) < 4.78 is 22.9. The minimum Gasteiger partial charge on any atom is -0.510 e. The zero-order valence-corrected chi connectivity index (χ0v) is 27.0. The Morgan fingerprint density at radius 2 is 1.66 bits per heavy atom. The highest BCUT2D eigenvalue weighted by Crippen LogP contribution is 2.53. The van der Waals surface area contributed by atoms with Crippen LogP contribution in [-0.2, 0) is 16.0 Å². The lowest BCUT2D eigenvalue weighted by Crippen LogP contribution is -2.63. The van der Waals surface area contributed by atoms with Crippen molar-refractivity contribution in [1.82, 2.24) is 9.88 Å². The number of methoxy groups -OCH3 is 3. The average molecular weight is 649 g/mol. The van der Waals surface area contributed by atoms with Crippen LogP contribution >= 0.6 is 0 Å². The molecule has 0 saturated carbocycles. The van der Waals surface area contributed by atoms with Gasteiger partial charge in [-0.1, -0.05) is 0 Å². The van der Waals surface area contributed by atoms with Crippen molar-refractivity contribution in [3.05, 3.63) is 52.0 Å². The molecule has 248 valence electrons. The third-order valence-electron chi connectivity index (χ3n) is 9.49. The molecule has 2 aromatic carbocycles. The molecule has 1 amide bonds. The van der Waals surface area contributed by atoms with Crippen molar-refractivity contribution in [2.24, 2.45) is 17.6 Å². The van der Waals surface area contributed by atoms with Crippen molar-refractivity contribution in [2.45, 2.75) is 24.5 Å². The van der Waals surface area contributed by atoms with E-state index in [2.05, 4.69) is 0 Å². The van der Waals surface area contributed by atoms with Crippen molar-refractivity contribution in [3.63, 3.8) is 0 Å². The largest absolute Gasteiger partial charge is 0.510 e. The number of hydrogen-bond donors (Lipinski definition) is 4. The van der Waals surface area contributed by atoms with Crippen molar-refractivity contribution < 1.29 is 48.3 Å². The third kappa shape index (κ3) is 4.38. The van der Waals surface area contributed by atoms with Crippen molar-refractivity contribution in [3.8, 4) is 28.7 Å². The van der Waals surface area contributed by atoms with Gasteiger partial charge in [0.05, 0.1) is 32.9 Å². The number of ether oxygens (including phenoxy) is 3. The zero-order valence-electron chi connectivity index (χ0n) is 27.0. The van der Waals surface area contributed by atoms with Gasteiger partial charge in [0, 0.05) is 43.4 Å². The van der Waals surface area contributed by atoms with Gasteiger partial charge in [0.2, 0.25) is 11.7 Å². The van der Waals surface area contributed by atoms with Gasteiger partial charge in [-0.2, -0.15) is 0 Å². The minimum atomic E-state index is -2.70. The summed E-state index contributed by atoms with van der Waals surface area (Å²) in [6.07, 6.45) is 0.252. The van der Waals surface area contributed by atoms with Crippen molar-refractivity contribution in [2.75, 3.05) is 54.4 Å². The van der Waals surface area contributed by atoms with Crippen LogP contribution in [0.3, 0.4) is 0 Å². The van der Waals surface area contributed by atoms with Gasteiger partial charge in [0.1, 0.15) is 45.4 Å². The number of aromatic nitrogens is 1. The Hall–Kier alpha value is -5.08. The summed E-state index contributed by atoms with van der Waals surface area (Å²) in [5.74, 6) is -5.17. The normalized spacial score (nSPS) is 23.9. The van der Waals surface area contributed by atoms with Gasteiger partial charge in [0.25, 0.3) is 5.91 Å². The van der Waals surface area contributed by atoms with Gasteiger partial charge in [-0.3, -0.25) is 19.3 Å². The summed E-state index contributed by atoms with van der Waals surface area (Å²) >= 11 is 0. The van der Waals surface area contributed by atoms with Crippen LogP contribution in [0, 0.1) is 11.8 Å². The Bertz CT molecular complexity index is 1920. The number of fused-ring (bicyclic) bond motifs is 5. The van der Waals surface area contributed by atoms with Crippen LogP contribution in [0.15, 0.2) is 45.3 Å². The van der Waals surface area contributed by atoms with Gasteiger partial charge < -0.3 is 44.6 Å². The van der Waals surface area contributed by atoms with E-state index in [1.54, 1.807) is 32.3 Å². The number of likely N-dealkylation sites (N-methyl/N-ethyl adjacent to an activating group) is 1. The predicted molar refractivity (Wildman–Crippen MR) is 169 cm³/mol. The fourth-order valence-corrected chi connectivity index (χ4v) is 7.41. The van der Waals surface area contributed by atoms with E-state index < -0.39 is 58.0 Å². The number of benzene rings is 2. The van der Waals surface area contributed by atoms with E-state index in [4.69, 9.17) is 29.3 Å². The molecule has 0 saturated heterocycles. The second kappa shape index (κ2) is 11.0. The number of carbonyl (C=O) groups excluding carboxylic acids is 3. The Morgan fingerprint density at radius 3 is 2.19 bits per heavy atom. The molecule has 3 aromatic rings. The van der Waals surface area contributed by atoms with E-state index in [0.717, 1.165) is 0 Å². The zero-order chi connectivity index (χ0) is 34.3. The van der Waals surface area contributed by atoms with E-state index in [1.165, 1.54) is 26.2 Å². The van der Waals surface area contributed by atoms with Gasteiger partial charge in [0.15, 0.2) is 17.0 Å². The van der Waals surface area contributed by atoms with Crippen LogP contribution < -0.4 is 24.8 Å². The lowest BCUT2D eigenvalue weighted by Gasteiger charge is -2.50. The Labute approximate surface area is 269 Å². The number of amides is 1. The number of anilines is 1. The van der Waals surface area contributed by atoms with Crippen molar-refractivity contribution in [1.29, 1.82) is 0 Å². The smallest absolute Gasteiger partial charge is 0.255 e. The molecule has 0 aliphatic heterocycles. The highest BCUT2D eigenvalue weighted by molar-refractivity contribution is 6.25. The molecular formula is C33H36N4O10. The number of aliphatic hydroxyl groups excluding tert-OH is 2. The molecule has 47 heavy (non-hydrogen) atoms. The predicted octanol–water partition coefficient (Wildman–Crippen LogP) is 2.32. The molecule has 6 rings (SSSR count). The third-order valence-corrected chi connectivity index (χ3v) is 9.49. The molecule has 14 nitrogen and oxygen atoms in total. The monoisotopic (exact) mass is 648 g/mol. The molecule has 0 fully saturated rings. The first-order valence-corrected chi connectivity index (χ1v) is 14.8. The topological polar surface area (TPSA) is 198 Å². The van der Waals surface area contributed by atoms with Gasteiger partial charge in [-0.05, 0) is 44.5 Å². The SMILES string of the molecule is COc1cc(OC)c(-c2nc3cc(N(C)C)c4c(c3o2)C(=O)C2=C(O)[C@]3(O)C(=O)C(C(N)=O)=C(O)[C@@H](N(C)C)[C@@H]3C[C@@H]2C4)c(OC)c1. The van der Waals surface area contributed by atoms with Crippen molar-refractivity contribution >= 4 is 34.3 Å². The molecule has 3 aliphatic carbocycles. The number of ketones is 2. The maximum Gasteiger partial charge on any atom is 0.255 e. The highest BCUT2D eigenvalue weighted by Gasteiger charge is 2.63. The molecule has 3 aliphatic rings. The molecule has 1 heterocycles. The van der Waals surface area contributed by atoms with Gasteiger partial charge in [-0.15, -0.1) is 0 Å². The second-order valence-electron chi connectivity index (χ2n) is 12.4. The molecule has 5 N–H and O–H groups in total. The molecular weight excluding hydrogens is 612 g/mol. The number of oxazole rings is 1. The van der Waals surface area contributed by atoms with Crippen LogP contribution in [0.1, 0.15) is 22.3 Å². The summed E-state index contributed by atoms with van der Waals surface area (Å²) in [6, 6.07) is 4.02. The summed E-state index contributed by atoms with van der Waals surface area (Å²) in [5, 5.41) is 34.7. The van der Waals surface area contributed by atoms with Crippen LogP contribution in [0.5, 0.6) is 17.2 Å². The lowest BCUT2D eigenvalue weighted by atomic mass is 9.58. The summed E-state index contributed by atoms with van der Waals surface area (Å²) in [6.45, 7) is 0. The first-order valence-electron chi connectivity index (χ1n) is 14.8. The van der Waals surface area contributed by atoms with E-state index >= 15 is 0 Å². The van der Waals surface area contributed by atoms with Gasteiger partial charge in [-0.25, -0.2) is 4.98 Å². The quantitative estimate of drug-likeness (QED) is 0.273. The van der Waals surface area contributed by atoms with Crippen LogP contribution in [0.4, 0.5) is 5.69 Å². The first kappa shape index (κ1) is 31.9. The van der Waals surface area contributed by atoms with E-state index in [1.807, 2.05) is 19.0 Å². The van der Waals surface area contributed by atoms with Gasteiger partial charge >= 0.3 is 0 Å². The molecule has 14 heteroatoms. The summed E-state index contributed by atoms with van der Waals surface area (Å²) in [7, 11) is 11.3. The number of nitrogens with zero attached hydrogens (tertiary/aromatic N) is 3. The fraction of sp³-hybridized carbons (Fsp3) is 0.394. The maximum absolute atomic E-state index is 14.6. The minimum absolute atomic E-state index is 0.0264. The Balaban J connectivity index is 1.60.